The van der Waals surface area contributed by atoms with Crippen LogP contribution in [0.25, 0.3) is 6.08 Å². The summed E-state index contributed by atoms with van der Waals surface area (Å²) in [5.41, 5.74) is 1.00. The van der Waals surface area contributed by atoms with Crippen molar-refractivity contribution in [2.24, 2.45) is 0 Å². The minimum absolute atomic E-state index is 0.661. The van der Waals surface area contributed by atoms with Gasteiger partial charge in [-0.1, -0.05) is 61.8 Å². The Balaban J connectivity index is 2.24. The number of hydrogen-bond donors (Lipinski definition) is 0. The van der Waals surface area contributed by atoms with Crippen molar-refractivity contribution in [1.82, 2.24) is 0 Å². The van der Waals surface area contributed by atoms with Gasteiger partial charge in [0.25, 0.3) is 0 Å². The zero-order chi connectivity index (χ0) is 13.7. The van der Waals surface area contributed by atoms with Crippen LogP contribution < -0.4 is 0 Å². The second-order valence-corrected chi connectivity index (χ2v) is 6.58. The zero-order valence-electron chi connectivity index (χ0n) is 9.81. The second-order valence-electron chi connectivity index (χ2n) is 3.70. The lowest BCUT2D eigenvalue weighted by molar-refractivity contribution is 1.44. The summed E-state index contributed by atoms with van der Waals surface area (Å²) in [6, 6.07) is 18.0. The van der Waals surface area contributed by atoms with Crippen LogP contribution in [-0.2, 0) is 0 Å². The molecule has 0 unspecified atom stereocenters. The molecule has 0 aliphatic rings. The predicted octanol–water partition coefficient (Wildman–Crippen LogP) is 5.87. The van der Waals surface area contributed by atoms with Crippen molar-refractivity contribution in [3.63, 3.8) is 0 Å². The van der Waals surface area contributed by atoms with E-state index < -0.39 is 0 Å². The largest absolute Gasteiger partial charge is 0.192 e. The molecule has 1 nitrogen and oxygen atoms in total. The van der Waals surface area contributed by atoms with Gasteiger partial charge >= 0.3 is 0 Å². The first kappa shape index (κ1) is 14.4. The van der Waals surface area contributed by atoms with Gasteiger partial charge in [0.1, 0.15) is 6.07 Å². The molecule has 0 radical (unpaired) electrons. The SMILES string of the molecule is N#C/C(=C\c1ccccc1Br)Sc1ccc(Br)cc1. The van der Waals surface area contributed by atoms with Crippen LogP contribution >= 0.6 is 43.6 Å². The van der Waals surface area contributed by atoms with Crippen molar-refractivity contribution in [2.45, 2.75) is 4.90 Å². The maximum atomic E-state index is 9.23. The molecule has 4 heteroatoms. The molecular weight excluding hydrogens is 386 g/mol. The summed E-state index contributed by atoms with van der Waals surface area (Å²) in [5, 5.41) is 9.23. The van der Waals surface area contributed by atoms with E-state index in [1.54, 1.807) is 0 Å². The summed E-state index contributed by atoms with van der Waals surface area (Å²) < 4.78 is 2.02. The molecule has 94 valence electrons. The van der Waals surface area contributed by atoms with Gasteiger partial charge in [-0.05, 0) is 42.0 Å². The lowest BCUT2D eigenvalue weighted by Crippen LogP contribution is -1.78. The van der Waals surface area contributed by atoms with E-state index in [9.17, 15) is 5.26 Å². The van der Waals surface area contributed by atoms with Crippen LogP contribution in [0.5, 0.6) is 0 Å². The van der Waals surface area contributed by atoms with E-state index in [0.29, 0.717) is 4.91 Å². The molecule has 0 bridgehead atoms. The number of benzene rings is 2. The maximum Gasteiger partial charge on any atom is 0.106 e. The number of halogens is 2. The van der Waals surface area contributed by atoms with E-state index in [4.69, 9.17) is 0 Å². The summed E-state index contributed by atoms with van der Waals surface area (Å²) in [6.07, 6.45) is 1.89. The number of thioether (sulfide) groups is 1. The number of nitriles is 1. The highest BCUT2D eigenvalue weighted by Gasteiger charge is 2.02. The molecule has 0 amide bonds. The lowest BCUT2D eigenvalue weighted by Gasteiger charge is -2.02. The Hall–Kier alpha value is -1.02. The van der Waals surface area contributed by atoms with Crippen molar-refractivity contribution in [3.8, 4) is 6.07 Å². The monoisotopic (exact) mass is 393 g/mol. The quantitative estimate of drug-likeness (QED) is 0.480. The molecule has 0 aliphatic heterocycles. The standard InChI is InChI=1S/C15H9Br2NS/c16-12-5-7-13(8-6-12)19-14(10-18)9-11-3-1-2-4-15(11)17/h1-9H/b14-9+. The molecule has 0 atom stereocenters. The summed E-state index contributed by atoms with van der Waals surface area (Å²) >= 11 is 8.34. The molecule has 2 aromatic rings. The third-order valence-corrected chi connectivity index (χ3v) is 4.53. The highest BCUT2D eigenvalue weighted by atomic mass is 79.9. The van der Waals surface area contributed by atoms with E-state index >= 15 is 0 Å². The van der Waals surface area contributed by atoms with Crippen LogP contribution in [0, 0.1) is 11.3 Å². The van der Waals surface area contributed by atoms with Crippen LogP contribution in [0.1, 0.15) is 5.56 Å². The van der Waals surface area contributed by atoms with Crippen LogP contribution in [0.15, 0.2) is 67.3 Å². The normalized spacial score (nSPS) is 11.1. The number of rotatable bonds is 3. The molecule has 2 rings (SSSR count). The first-order valence-electron chi connectivity index (χ1n) is 5.49. The Labute approximate surface area is 133 Å². The smallest absolute Gasteiger partial charge is 0.106 e. The van der Waals surface area contributed by atoms with Gasteiger partial charge in [-0.25, -0.2) is 0 Å². The Kier molecular flexibility index (Phi) is 5.26. The van der Waals surface area contributed by atoms with Crippen LogP contribution in [0.2, 0.25) is 0 Å². The van der Waals surface area contributed by atoms with E-state index in [1.165, 1.54) is 11.8 Å². The zero-order valence-corrected chi connectivity index (χ0v) is 13.8. The van der Waals surface area contributed by atoms with E-state index in [2.05, 4.69) is 37.9 Å². The molecule has 2 aromatic carbocycles. The van der Waals surface area contributed by atoms with Gasteiger partial charge in [0.2, 0.25) is 0 Å². The Morgan fingerprint density at radius 1 is 1.05 bits per heavy atom. The fourth-order valence-electron chi connectivity index (χ4n) is 1.45. The van der Waals surface area contributed by atoms with Crippen LogP contribution in [0.4, 0.5) is 0 Å². The van der Waals surface area contributed by atoms with Crippen LogP contribution in [-0.4, -0.2) is 0 Å². The topological polar surface area (TPSA) is 23.8 Å². The van der Waals surface area contributed by atoms with Gasteiger partial charge < -0.3 is 0 Å². The minimum atomic E-state index is 0.661. The Bertz CT molecular complexity index is 642. The molecule has 0 aromatic heterocycles. The maximum absolute atomic E-state index is 9.23. The fraction of sp³-hybridized carbons (Fsp3) is 0. The summed E-state index contributed by atoms with van der Waals surface area (Å²) in [7, 11) is 0. The van der Waals surface area contributed by atoms with Crippen molar-refractivity contribution in [2.75, 3.05) is 0 Å². The van der Waals surface area contributed by atoms with Gasteiger partial charge in [0.05, 0.1) is 4.91 Å². The lowest BCUT2D eigenvalue weighted by atomic mass is 10.2. The van der Waals surface area contributed by atoms with Gasteiger partial charge in [-0.15, -0.1) is 0 Å². The van der Waals surface area contributed by atoms with Gasteiger partial charge in [-0.2, -0.15) is 5.26 Å². The van der Waals surface area contributed by atoms with E-state index in [1.807, 2.05) is 54.6 Å². The second kappa shape index (κ2) is 6.95. The third kappa shape index (κ3) is 4.24. The average Bonchev–Trinajstić information content (AvgIpc) is 2.43. The number of allylic oxidation sites excluding steroid dienone is 1. The first-order chi connectivity index (χ1) is 9.19. The molecule has 0 N–H and O–H groups in total. The Morgan fingerprint density at radius 2 is 1.74 bits per heavy atom. The molecule has 0 spiro atoms. The van der Waals surface area contributed by atoms with E-state index in [0.717, 1.165) is 19.4 Å². The summed E-state index contributed by atoms with van der Waals surface area (Å²) in [5.74, 6) is 0. The van der Waals surface area contributed by atoms with Gasteiger partial charge in [0, 0.05) is 13.8 Å². The highest BCUT2D eigenvalue weighted by molar-refractivity contribution is 9.10. The minimum Gasteiger partial charge on any atom is -0.192 e. The van der Waals surface area contributed by atoms with Crippen molar-refractivity contribution in [3.05, 3.63) is 67.9 Å². The molecule has 0 saturated carbocycles. The average molecular weight is 395 g/mol. The van der Waals surface area contributed by atoms with Crippen molar-refractivity contribution >= 4 is 49.7 Å². The highest BCUT2D eigenvalue weighted by Crippen LogP contribution is 2.30. The fourth-order valence-corrected chi connectivity index (χ4v) is 2.87. The van der Waals surface area contributed by atoms with Crippen molar-refractivity contribution < 1.29 is 0 Å². The third-order valence-electron chi connectivity index (χ3n) is 2.34. The van der Waals surface area contributed by atoms with Crippen LogP contribution in [0.3, 0.4) is 0 Å². The van der Waals surface area contributed by atoms with Gasteiger partial charge in [-0.3, -0.25) is 0 Å². The van der Waals surface area contributed by atoms with Gasteiger partial charge in [0.15, 0.2) is 0 Å². The molecule has 0 saturated heterocycles. The molecule has 0 fully saturated rings. The number of hydrogen-bond acceptors (Lipinski definition) is 2. The summed E-state index contributed by atoms with van der Waals surface area (Å²) in [4.78, 5) is 1.71. The molecule has 0 aliphatic carbocycles. The van der Waals surface area contributed by atoms with E-state index in [-0.39, 0.29) is 0 Å². The molecule has 0 heterocycles. The molecular formula is C15H9Br2NS. The number of nitrogens with zero attached hydrogens (tertiary/aromatic N) is 1. The molecule has 19 heavy (non-hydrogen) atoms. The predicted molar refractivity (Wildman–Crippen MR) is 87.7 cm³/mol. The van der Waals surface area contributed by atoms with Crippen molar-refractivity contribution in [1.29, 1.82) is 5.26 Å². The Morgan fingerprint density at radius 3 is 2.37 bits per heavy atom. The summed E-state index contributed by atoms with van der Waals surface area (Å²) in [6.45, 7) is 0. The first-order valence-corrected chi connectivity index (χ1v) is 7.89.